The smallest absolute Gasteiger partial charge is 0.329 e. The number of nitrogens with zero attached hydrogens (tertiary/aromatic N) is 1. The fraction of sp³-hybridized carbons (Fsp3) is 0.412. The first-order valence-electron chi connectivity index (χ1n) is 15.1. The van der Waals surface area contributed by atoms with Crippen molar-refractivity contribution in [3.63, 3.8) is 0 Å². The maximum atomic E-state index is 13.0. The molecule has 11 heteroatoms. The Kier molecular flexibility index (Phi) is 14.7. The molecule has 0 aliphatic heterocycles. The topological polar surface area (TPSA) is 148 Å². The SMILES string of the molecule is CC(C)=CCC/C(C)=C/CCC(C)C/C=C(/C(=O)NCCC(=O)Nc1cccc(S(=O)(=O)Nc2cccc(C)c2C)c1)[N+](=O)[O-]. The van der Waals surface area contributed by atoms with Crippen LogP contribution >= 0.6 is 0 Å². The summed E-state index contributed by atoms with van der Waals surface area (Å²) >= 11 is 0. The summed E-state index contributed by atoms with van der Waals surface area (Å²) in [6.45, 7) is 11.8. The van der Waals surface area contributed by atoms with Crippen LogP contribution in [0.5, 0.6) is 0 Å². The molecule has 2 aromatic carbocycles. The lowest BCUT2D eigenvalue weighted by atomic mass is 9.99. The van der Waals surface area contributed by atoms with E-state index in [-0.39, 0.29) is 29.5 Å². The number of hydrogen-bond donors (Lipinski definition) is 3. The van der Waals surface area contributed by atoms with Crippen LogP contribution < -0.4 is 15.4 Å². The normalized spacial score (nSPS) is 12.7. The van der Waals surface area contributed by atoms with Crippen molar-refractivity contribution >= 4 is 33.2 Å². The Labute approximate surface area is 267 Å². The summed E-state index contributed by atoms with van der Waals surface area (Å²) in [4.78, 5) is 35.8. The molecule has 0 aliphatic rings. The highest BCUT2D eigenvalue weighted by atomic mass is 32.2. The van der Waals surface area contributed by atoms with Gasteiger partial charge in [0.2, 0.25) is 5.91 Å². The van der Waals surface area contributed by atoms with Crippen LogP contribution in [-0.4, -0.2) is 31.7 Å². The number of rotatable bonds is 17. The number of carbonyl (C=O) groups excluding carboxylic acids is 2. The van der Waals surface area contributed by atoms with E-state index in [0.717, 1.165) is 36.8 Å². The third-order valence-electron chi connectivity index (χ3n) is 7.30. The number of carbonyl (C=O) groups is 2. The van der Waals surface area contributed by atoms with Crippen molar-refractivity contribution in [3.8, 4) is 0 Å². The average molecular weight is 639 g/mol. The Morgan fingerprint density at radius 2 is 1.69 bits per heavy atom. The van der Waals surface area contributed by atoms with Crippen molar-refractivity contribution < 1.29 is 22.9 Å². The van der Waals surface area contributed by atoms with E-state index in [1.807, 2.05) is 26.8 Å². The molecule has 0 fully saturated rings. The van der Waals surface area contributed by atoms with Gasteiger partial charge in [-0.3, -0.25) is 24.4 Å². The van der Waals surface area contributed by atoms with Gasteiger partial charge in [0.25, 0.3) is 10.0 Å². The number of nitrogens with one attached hydrogen (secondary N) is 3. The van der Waals surface area contributed by atoms with Crippen LogP contribution in [0.1, 0.15) is 77.3 Å². The van der Waals surface area contributed by atoms with E-state index in [4.69, 9.17) is 0 Å². The van der Waals surface area contributed by atoms with Gasteiger partial charge < -0.3 is 10.6 Å². The van der Waals surface area contributed by atoms with Crippen molar-refractivity contribution in [1.82, 2.24) is 5.32 Å². The summed E-state index contributed by atoms with van der Waals surface area (Å²) < 4.78 is 28.5. The monoisotopic (exact) mass is 638 g/mol. The molecule has 45 heavy (non-hydrogen) atoms. The van der Waals surface area contributed by atoms with Crippen LogP contribution in [0.3, 0.4) is 0 Å². The van der Waals surface area contributed by atoms with Crippen LogP contribution in [0.4, 0.5) is 11.4 Å². The highest BCUT2D eigenvalue weighted by Crippen LogP contribution is 2.23. The van der Waals surface area contributed by atoms with E-state index in [9.17, 15) is 28.1 Å². The van der Waals surface area contributed by atoms with Crippen molar-refractivity contribution in [3.05, 3.63) is 98.8 Å². The van der Waals surface area contributed by atoms with Gasteiger partial charge in [-0.05, 0) is 114 Å². The molecule has 10 nitrogen and oxygen atoms in total. The lowest BCUT2D eigenvalue weighted by molar-refractivity contribution is -0.419. The first-order valence-corrected chi connectivity index (χ1v) is 16.6. The summed E-state index contributed by atoms with van der Waals surface area (Å²) in [6, 6.07) is 11.1. The third-order valence-corrected chi connectivity index (χ3v) is 8.66. The van der Waals surface area contributed by atoms with E-state index in [0.29, 0.717) is 12.1 Å². The van der Waals surface area contributed by atoms with Crippen molar-refractivity contribution in [2.75, 3.05) is 16.6 Å². The van der Waals surface area contributed by atoms with Gasteiger partial charge in [0, 0.05) is 18.7 Å². The van der Waals surface area contributed by atoms with E-state index in [1.165, 1.54) is 35.4 Å². The Bertz CT molecular complexity index is 1560. The Hall–Kier alpha value is -4.25. The molecular weight excluding hydrogens is 592 g/mol. The number of aryl methyl sites for hydroxylation is 1. The number of nitro groups is 1. The number of benzene rings is 2. The van der Waals surface area contributed by atoms with Crippen molar-refractivity contribution in [2.45, 2.75) is 85.0 Å². The predicted octanol–water partition coefficient (Wildman–Crippen LogP) is 7.21. The van der Waals surface area contributed by atoms with Crippen molar-refractivity contribution in [1.29, 1.82) is 0 Å². The third kappa shape index (κ3) is 13.1. The largest absolute Gasteiger partial charge is 0.346 e. The first-order chi connectivity index (χ1) is 21.2. The zero-order valence-electron chi connectivity index (χ0n) is 27.1. The molecule has 3 N–H and O–H groups in total. The highest BCUT2D eigenvalue weighted by molar-refractivity contribution is 7.92. The lowest BCUT2D eigenvalue weighted by Crippen LogP contribution is -2.31. The minimum atomic E-state index is -3.92. The second kappa shape index (κ2) is 17.9. The average Bonchev–Trinajstić information content (AvgIpc) is 2.95. The summed E-state index contributed by atoms with van der Waals surface area (Å²) in [5.74, 6) is -1.20. The maximum Gasteiger partial charge on any atom is 0.329 e. The quantitative estimate of drug-likeness (QED) is 0.0722. The molecule has 1 unspecified atom stereocenters. The van der Waals surface area contributed by atoms with E-state index in [1.54, 1.807) is 18.2 Å². The predicted molar refractivity (Wildman–Crippen MR) is 180 cm³/mol. The van der Waals surface area contributed by atoms with Crippen LogP contribution in [0, 0.1) is 29.9 Å². The Balaban J connectivity index is 1.87. The van der Waals surface area contributed by atoms with Gasteiger partial charge in [-0.25, -0.2) is 8.42 Å². The Morgan fingerprint density at radius 1 is 0.978 bits per heavy atom. The number of amides is 2. The molecule has 2 rings (SSSR count). The molecule has 2 aromatic rings. The first kappa shape index (κ1) is 36.9. The number of anilines is 2. The van der Waals surface area contributed by atoms with Gasteiger partial charge >= 0.3 is 11.6 Å². The Morgan fingerprint density at radius 3 is 2.38 bits per heavy atom. The second-order valence-corrected chi connectivity index (χ2v) is 13.3. The fourth-order valence-electron chi connectivity index (χ4n) is 4.40. The molecule has 244 valence electrons. The molecule has 0 aliphatic carbocycles. The molecule has 0 spiro atoms. The van der Waals surface area contributed by atoms with E-state index in [2.05, 4.69) is 48.3 Å². The van der Waals surface area contributed by atoms with Crippen LogP contribution in [-0.2, 0) is 19.6 Å². The van der Waals surface area contributed by atoms with E-state index >= 15 is 0 Å². The van der Waals surface area contributed by atoms with Gasteiger partial charge in [-0.15, -0.1) is 0 Å². The molecule has 0 saturated heterocycles. The van der Waals surface area contributed by atoms with Gasteiger partial charge in [-0.2, -0.15) is 0 Å². The fourth-order valence-corrected chi connectivity index (χ4v) is 5.56. The van der Waals surface area contributed by atoms with Gasteiger partial charge in [0.05, 0.1) is 15.5 Å². The molecule has 0 radical (unpaired) electrons. The minimum Gasteiger partial charge on any atom is -0.346 e. The molecule has 0 bridgehead atoms. The lowest BCUT2D eigenvalue weighted by Gasteiger charge is -2.13. The molecule has 2 amide bonds. The molecule has 0 saturated carbocycles. The summed E-state index contributed by atoms with van der Waals surface area (Å²) in [5, 5.41) is 16.6. The number of allylic oxidation sites excluding steroid dienone is 5. The van der Waals surface area contributed by atoms with Crippen LogP contribution in [0.15, 0.2) is 82.4 Å². The van der Waals surface area contributed by atoms with Crippen LogP contribution in [0.2, 0.25) is 0 Å². The second-order valence-electron chi connectivity index (χ2n) is 11.6. The van der Waals surface area contributed by atoms with Gasteiger partial charge in [0.15, 0.2) is 0 Å². The molecule has 0 heterocycles. The van der Waals surface area contributed by atoms with Gasteiger partial charge in [0.1, 0.15) is 0 Å². The van der Waals surface area contributed by atoms with E-state index < -0.39 is 32.5 Å². The number of hydrogen-bond acceptors (Lipinski definition) is 6. The zero-order valence-corrected chi connectivity index (χ0v) is 27.9. The zero-order chi connectivity index (χ0) is 33.6. The summed E-state index contributed by atoms with van der Waals surface area (Å²) in [5.41, 5.74) is 4.53. The summed E-state index contributed by atoms with van der Waals surface area (Å²) in [6.07, 6.45) is 9.68. The van der Waals surface area contributed by atoms with Crippen molar-refractivity contribution in [2.24, 2.45) is 5.92 Å². The number of sulfonamides is 1. The minimum absolute atomic E-state index is 0.0323. The molecule has 0 aromatic heterocycles. The highest BCUT2D eigenvalue weighted by Gasteiger charge is 2.22. The molecule has 1 atom stereocenters. The van der Waals surface area contributed by atoms with Crippen LogP contribution in [0.25, 0.3) is 0 Å². The molecular formula is C34H46N4O6S. The summed E-state index contributed by atoms with van der Waals surface area (Å²) in [7, 11) is -3.92. The standard InChI is InChI=1S/C34H46N4O6S/c1-24(2)11-7-12-25(3)13-8-14-26(4)19-20-32(38(41)42)34(40)35-22-21-33(39)36-29-16-10-17-30(23-29)45(43,44)37-31-18-9-15-27(5)28(31)6/h9-11,13,15-18,20,23,26,37H,7-8,12,14,19,21-22H2,1-6H3,(H,35,40)(H,36,39)/b25-13+,32-20-. The maximum absolute atomic E-state index is 13.0. The van der Waals surface area contributed by atoms with Gasteiger partial charge in [-0.1, -0.05) is 48.4 Å².